The number of aromatic nitrogens is 1. The van der Waals surface area contributed by atoms with Gasteiger partial charge in [0.25, 0.3) is 0 Å². The van der Waals surface area contributed by atoms with Crippen molar-refractivity contribution in [2.75, 3.05) is 6.61 Å². The molecular formula is C11H15F3N2OS. The fraction of sp³-hybridized carbons (Fsp3) is 0.727. The Morgan fingerprint density at radius 1 is 1.44 bits per heavy atom. The van der Waals surface area contributed by atoms with Crippen LogP contribution in [0.3, 0.4) is 0 Å². The third-order valence-corrected chi connectivity index (χ3v) is 3.69. The van der Waals surface area contributed by atoms with Gasteiger partial charge in [-0.15, -0.1) is 11.3 Å². The van der Waals surface area contributed by atoms with Gasteiger partial charge in [0.1, 0.15) is 11.6 Å². The van der Waals surface area contributed by atoms with E-state index < -0.39 is 12.8 Å². The van der Waals surface area contributed by atoms with Crippen LogP contribution >= 0.6 is 11.3 Å². The molecule has 0 spiro atoms. The third-order valence-electron chi connectivity index (χ3n) is 2.56. The number of ether oxygens (including phenoxy) is 1. The summed E-state index contributed by atoms with van der Waals surface area (Å²) in [7, 11) is 0. The Labute approximate surface area is 107 Å². The maximum Gasteiger partial charge on any atom is 0.411 e. The van der Waals surface area contributed by atoms with Crippen LogP contribution in [0.25, 0.3) is 0 Å². The Morgan fingerprint density at radius 2 is 2.17 bits per heavy atom. The zero-order valence-corrected chi connectivity index (χ0v) is 10.8. The van der Waals surface area contributed by atoms with E-state index in [1.54, 1.807) is 0 Å². The smallest absolute Gasteiger partial charge is 0.365 e. The van der Waals surface area contributed by atoms with Crippen molar-refractivity contribution < 1.29 is 17.9 Å². The normalized spacial score (nSPS) is 16.2. The van der Waals surface area contributed by atoms with E-state index in [-0.39, 0.29) is 6.61 Å². The minimum Gasteiger partial charge on any atom is -0.365 e. The molecule has 0 aliphatic heterocycles. The molecule has 0 amide bonds. The first-order chi connectivity index (χ1) is 8.44. The number of alkyl halides is 3. The molecule has 0 unspecified atom stereocenters. The second-order valence-corrected chi connectivity index (χ2v) is 5.55. The van der Waals surface area contributed by atoms with Crippen molar-refractivity contribution in [1.82, 2.24) is 10.3 Å². The van der Waals surface area contributed by atoms with E-state index >= 15 is 0 Å². The van der Waals surface area contributed by atoms with E-state index in [9.17, 15) is 13.2 Å². The summed E-state index contributed by atoms with van der Waals surface area (Å²) in [6, 6.07) is 0.608. The van der Waals surface area contributed by atoms with Crippen LogP contribution in [0.4, 0.5) is 13.2 Å². The standard InChI is InChI=1S/C11H15F3N2OS/c1-7-9(4-15-8-2-3-8)18-10(16-7)5-17-6-11(12,13)14/h8,15H,2-6H2,1H3. The Morgan fingerprint density at radius 3 is 2.78 bits per heavy atom. The molecule has 1 aromatic heterocycles. The van der Waals surface area contributed by atoms with E-state index in [1.165, 1.54) is 24.2 Å². The van der Waals surface area contributed by atoms with Gasteiger partial charge in [0, 0.05) is 17.5 Å². The van der Waals surface area contributed by atoms with Gasteiger partial charge in [-0.05, 0) is 19.8 Å². The van der Waals surface area contributed by atoms with Crippen LogP contribution in [-0.2, 0) is 17.9 Å². The van der Waals surface area contributed by atoms with Crippen LogP contribution in [0.5, 0.6) is 0 Å². The lowest BCUT2D eigenvalue weighted by Crippen LogP contribution is -2.16. The topological polar surface area (TPSA) is 34.1 Å². The second-order valence-electron chi connectivity index (χ2n) is 4.38. The molecular weight excluding hydrogens is 265 g/mol. The fourth-order valence-electron chi connectivity index (χ4n) is 1.49. The minimum atomic E-state index is -4.28. The first kappa shape index (κ1) is 13.8. The predicted molar refractivity (Wildman–Crippen MR) is 62.4 cm³/mol. The zero-order chi connectivity index (χ0) is 13.2. The van der Waals surface area contributed by atoms with Gasteiger partial charge in [-0.3, -0.25) is 0 Å². The Bertz CT molecular complexity index is 401. The summed E-state index contributed by atoms with van der Waals surface area (Å²) in [5, 5.41) is 3.96. The van der Waals surface area contributed by atoms with Gasteiger partial charge in [0.05, 0.1) is 12.3 Å². The highest BCUT2D eigenvalue weighted by molar-refractivity contribution is 7.11. The van der Waals surface area contributed by atoms with Gasteiger partial charge in [0.2, 0.25) is 0 Å². The van der Waals surface area contributed by atoms with Gasteiger partial charge in [-0.25, -0.2) is 4.98 Å². The van der Waals surface area contributed by atoms with E-state index in [1.807, 2.05) is 6.92 Å². The number of hydrogen-bond donors (Lipinski definition) is 1. The molecule has 0 atom stereocenters. The molecule has 1 saturated carbocycles. The van der Waals surface area contributed by atoms with Crippen LogP contribution in [0.1, 0.15) is 28.4 Å². The van der Waals surface area contributed by atoms with E-state index in [2.05, 4.69) is 15.0 Å². The number of rotatable bonds is 6. The van der Waals surface area contributed by atoms with E-state index in [4.69, 9.17) is 0 Å². The number of nitrogens with zero attached hydrogens (tertiary/aromatic N) is 1. The van der Waals surface area contributed by atoms with Crippen molar-refractivity contribution >= 4 is 11.3 Å². The molecule has 1 heterocycles. The fourth-order valence-corrected chi connectivity index (χ4v) is 2.45. The lowest BCUT2D eigenvalue weighted by molar-refractivity contribution is -0.176. The first-order valence-electron chi connectivity index (χ1n) is 5.77. The van der Waals surface area contributed by atoms with Crippen molar-refractivity contribution in [3.05, 3.63) is 15.6 Å². The van der Waals surface area contributed by atoms with Crippen molar-refractivity contribution in [3.8, 4) is 0 Å². The largest absolute Gasteiger partial charge is 0.411 e. The minimum absolute atomic E-state index is 0.0750. The molecule has 1 aliphatic rings. The monoisotopic (exact) mass is 280 g/mol. The summed E-state index contributed by atoms with van der Waals surface area (Å²) in [6.45, 7) is 1.32. The van der Waals surface area contributed by atoms with Crippen LogP contribution in [0.2, 0.25) is 0 Å². The van der Waals surface area contributed by atoms with Crippen LogP contribution in [-0.4, -0.2) is 23.8 Å². The second kappa shape index (κ2) is 5.54. The maximum absolute atomic E-state index is 11.9. The highest BCUT2D eigenvalue weighted by Crippen LogP contribution is 2.23. The van der Waals surface area contributed by atoms with Crippen molar-refractivity contribution in [1.29, 1.82) is 0 Å². The summed E-state index contributed by atoms with van der Waals surface area (Å²) in [6.07, 6.45) is -1.86. The number of halogens is 3. The van der Waals surface area contributed by atoms with E-state index in [0.717, 1.165) is 17.1 Å². The molecule has 1 fully saturated rings. The zero-order valence-electron chi connectivity index (χ0n) is 10.0. The molecule has 0 saturated heterocycles. The third kappa shape index (κ3) is 4.55. The van der Waals surface area contributed by atoms with Crippen molar-refractivity contribution in [3.63, 3.8) is 0 Å². The van der Waals surface area contributed by atoms with Gasteiger partial charge >= 0.3 is 6.18 Å². The number of thiazole rings is 1. The summed E-state index contributed by atoms with van der Waals surface area (Å²) >= 11 is 1.41. The molecule has 0 bridgehead atoms. The Balaban J connectivity index is 1.79. The van der Waals surface area contributed by atoms with Gasteiger partial charge < -0.3 is 10.1 Å². The maximum atomic E-state index is 11.9. The molecule has 0 aromatic carbocycles. The lowest BCUT2D eigenvalue weighted by Gasteiger charge is -2.05. The first-order valence-corrected chi connectivity index (χ1v) is 6.59. The Hall–Kier alpha value is -0.660. The summed E-state index contributed by atoms with van der Waals surface area (Å²) < 4.78 is 40.3. The summed E-state index contributed by atoms with van der Waals surface area (Å²) in [5.74, 6) is 0. The predicted octanol–water partition coefficient (Wildman–Crippen LogP) is 2.78. The summed E-state index contributed by atoms with van der Waals surface area (Å²) in [4.78, 5) is 5.29. The molecule has 0 radical (unpaired) electrons. The summed E-state index contributed by atoms with van der Waals surface area (Å²) in [5.41, 5.74) is 0.874. The van der Waals surface area contributed by atoms with Crippen molar-refractivity contribution in [2.45, 2.75) is 45.1 Å². The van der Waals surface area contributed by atoms with Crippen LogP contribution < -0.4 is 5.32 Å². The average Bonchev–Trinajstić information content (AvgIpc) is 3.00. The van der Waals surface area contributed by atoms with E-state index in [0.29, 0.717) is 11.0 Å². The van der Waals surface area contributed by atoms with Gasteiger partial charge in [-0.2, -0.15) is 13.2 Å². The number of aryl methyl sites for hydroxylation is 1. The van der Waals surface area contributed by atoms with Crippen LogP contribution in [0, 0.1) is 6.92 Å². The van der Waals surface area contributed by atoms with Gasteiger partial charge in [0.15, 0.2) is 0 Å². The van der Waals surface area contributed by atoms with Crippen molar-refractivity contribution in [2.24, 2.45) is 0 Å². The lowest BCUT2D eigenvalue weighted by atomic mass is 10.4. The Kier molecular flexibility index (Phi) is 4.24. The average molecular weight is 280 g/mol. The number of hydrogen-bond acceptors (Lipinski definition) is 4. The van der Waals surface area contributed by atoms with Crippen LogP contribution in [0.15, 0.2) is 0 Å². The highest BCUT2D eigenvalue weighted by Gasteiger charge is 2.27. The van der Waals surface area contributed by atoms with Gasteiger partial charge in [-0.1, -0.05) is 0 Å². The molecule has 102 valence electrons. The molecule has 1 aromatic rings. The molecule has 2 rings (SSSR count). The molecule has 3 nitrogen and oxygen atoms in total. The highest BCUT2D eigenvalue weighted by atomic mass is 32.1. The molecule has 1 N–H and O–H groups in total. The number of nitrogens with one attached hydrogen (secondary N) is 1. The molecule has 7 heteroatoms. The quantitative estimate of drug-likeness (QED) is 0.870. The molecule has 18 heavy (non-hydrogen) atoms. The SMILES string of the molecule is Cc1nc(COCC(F)(F)F)sc1CNC1CC1. The molecule has 1 aliphatic carbocycles.